The molecule has 1 rings (SSSR count). The van der Waals surface area contributed by atoms with E-state index >= 15 is 0 Å². The Labute approximate surface area is 109 Å². The van der Waals surface area contributed by atoms with Gasteiger partial charge in [0, 0.05) is 38.8 Å². The van der Waals surface area contributed by atoms with Crippen molar-refractivity contribution >= 4 is 5.91 Å². The fraction of sp³-hybridized carbons (Fsp3) is 0.769. The zero-order chi connectivity index (χ0) is 13.5. The molecule has 1 aliphatic rings. The van der Waals surface area contributed by atoms with Crippen molar-refractivity contribution in [3.05, 3.63) is 12.7 Å². The first-order valence-corrected chi connectivity index (χ1v) is 6.55. The van der Waals surface area contributed by atoms with E-state index in [4.69, 9.17) is 0 Å². The number of nitrogens with zero attached hydrogens (tertiary/aromatic N) is 2. The summed E-state index contributed by atoms with van der Waals surface area (Å²) < 4.78 is 0. The summed E-state index contributed by atoms with van der Waals surface area (Å²) in [5, 5.41) is 12.2. The van der Waals surface area contributed by atoms with Gasteiger partial charge in [0.05, 0.1) is 12.6 Å². The standard InChI is InChI=1S/C13H25N3O2/c1-4-5-14-13(18)10-15-6-7-16(9-12(3)17)11(2)8-15/h4,11-12,17H,1,5-10H2,2-3H3,(H,14,18)/t11-,12+/m0/s1. The Bertz CT molecular complexity index is 281. The zero-order valence-electron chi connectivity index (χ0n) is 11.4. The predicted molar refractivity (Wildman–Crippen MR) is 72.4 cm³/mol. The molecule has 104 valence electrons. The molecule has 0 aromatic heterocycles. The van der Waals surface area contributed by atoms with Crippen LogP contribution in [0.3, 0.4) is 0 Å². The van der Waals surface area contributed by atoms with Crippen LogP contribution in [0.4, 0.5) is 0 Å². The van der Waals surface area contributed by atoms with E-state index in [0.717, 1.165) is 19.6 Å². The molecule has 5 heteroatoms. The largest absolute Gasteiger partial charge is 0.392 e. The van der Waals surface area contributed by atoms with Crippen LogP contribution in [0.2, 0.25) is 0 Å². The maximum atomic E-state index is 11.6. The van der Waals surface area contributed by atoms with Crippen LogP contribution in [0.25, 0.3) is 0 Å². The van der Waals surface area contributed by atoms with Crippen LogP contribution in [0.15, 0.2) is 12.7 Å². The number of nitrogens with one attached hydrogen (secondary N) is 1. The van der Waals surface area contributed by atoms with E-state index in [1.165, 1.54) is 0 Å². The summed E-state index contributed by atoms with van der Waals surface area (Å²) in [6.07, 6.45) is 1.39. The molecule has 2 N–H and O–H groups in total. The molecule has 1 fully saturated rings. The molecule has 0 unspecified atom stereocenters. The van der Waals surface area contributed by atoms with E-state index in [9.17, 15) is 9.90 Å². The van der Waals surface area contributed by atoms with Crippen molar-refractivity contribution in [1.29, 1.82) is 0 Å². The lowest BCUT2D eigenvalue weighted by atomic mass is 10.1. The van der Waals surface area contributed by atoms with E-state index in [1.807, 2.05) is 6.92 Å². The Hall–Kier alpha value is -0.910. The molecule has 1 saturated heterocycles. The Balaban J connectivity index is 2.31. The van der Waals surface area contributed by atoms with Crippen molar-refractivity contribution in [3.63, 3.8) is 0 Å². The van der Waals surface area contributed by atoms with Gasteiger partial charge >= 0.3 is 0 Å². The number of hydrogen-bond donors (Lipinski definition) is 2. The molecule has 1 aliphatic heterocycles. The van der Waals surface area contributed by atoms with Crippen LogP contribution in [0.5, 0.6) is 0 Å². The van der Waals surface area contributed by atoms with E-state index in [2.05, 4.69) is 28.6 Å². The maximum absolute atomic E-state index is 11.6. The molecule has 5 nitrogen and oxygen atoms in total. The molecule has 0 radical (unpaired) electrons. The average Bonchev–Trinajstić information content (AvgIpc) is 2.29. The number of hydrogen-bond acceptors (Lipinski definition) is 4. The van der Waals surface area contributed by atoms with Crippen LogP contribution in [-0.4, -0.2) is 72.2 Å². The highest BCUT2D eigenvalue weighted by Crippen LogP contribution is 2.09. The second kappa shape index (κ2) is 7.51. The van der Waals surface area contributed by atoms with Crippen molar-refractivity contribution in [3.8, 4) is 0 Å². The van der Waals surface area contributed by atoms with Gasteiger partial charge in [0.25, 0.3) is 0 Å². The fourth-order valence-corrected chi connectivity index (χ4v) is 2.27. The Kier molecular flexibility index (Phi) is 6.32. The molecule has 0 spiro atoms. The van der Waals surface area contributed by atoms with Gasteiger partial charge in [-0.15, -0.1) is 6.58 Å². The van der Waals surface area contributed by atoms with Gasteiger partial charge in [-0.05, 0) is 13.8 Å². The van der Waals surface area contributed by atoms with Gasteiger partial charge in [-0.1, -0.05) is 6.08 Å². The van der Waals surface area contributed by atoms with E-state index < -0.39 is 0 Å². The number of carbonyl (C=O) groups excluding carboxylic acids is 1. The molecule has 1 heterocycles. The highest BCUT2D eigenvalue weighted by molar-refractivity contribution is 5.78. The molecule has 0 aromatic rings. The smallest absolute Gasteiger partial charge is 0.234 e. The Morgan fingerprint density at radius 3 is 2.89 bits per heavy atom. The zero-order valence-corrected chi connectivity index (χ0v) is 11.4. The second-order valence-corrected chi connectivity index (χ2v) is 5.02. The monoisotopic (exact) mass is 255 g/mol. The van der Waals surface area contributed by atoms with Crippen LogP contribution in [0, 0.1) is 0 Å². The van der Waals surface area contributed by atoms with Crippen molar-refractivity contribution in [2.75, 3.05) is 39.3 Å². The maximum Gasteiger partial charge on any atom is 0.234 e. The number of aliphatic hydroxyl groups excluding tert-OH is 1. The van der Waals surface area contributed by atoms with Crippen LogP contribution in [0.1, 0.15) is 13.8 Å². The Morgan fingerprint density at radius 1 is 1.61 bits per heavy atom. The van der Waals surface area contributed by atoms with Gasteiger partial charge in [-0.2, -0.15) is 0 Å². The molecule has 0 aliphatic carbocycles. The van der Waals surface area contributed by atoms with Crippen molar-refractivity contribution in [1.82, 2.24) is 15.1 Å². The first-order valence-electron chi connectivity index (χ1n) is 6.55. The molecule has 2 atom stereocenters. The van der Waals surface area contributed by atoms with Gasteiger partial charge < -0.3 is 10.4 Å². The minimum atomic E-state index is -0.296. The van der Waals surface area contributed by atoms with Crippen molar-refractivity contribution < 1.29 is 9.90 Å². The number of rotatable bonds is 6. The lowest BCUT2D eigenvalue weighted by molar-refractivity contribution is -0.122. The minimum Gasteiger partial charge on any atom is -0.392 e. The van der Waals surface area contributed by atoms with Gasteiger partial charge in [-0.25, -0.2) is 0 Å². The van der Waals surface area contributed by atoms with Gasteiger partial charge in [0.15, 0.2) is 0 Å². The molecule has 0 saturated carbocycles. The van der Waals surface area contributed by atoms with Crippen LogP contribution >= 0.6 is 0 Å². The molecular formula is C13H25N3O2. The topological polar surface area (TPSA) is 55.8 Å². The van der Waals surface area contributed by atoms with Crippen molar-refractivity contribution in [2.45, 2.75) is 26.0 Å². The van der Waals surface area contributed by atoms with Gasteiger partial charge in [0.1, 0.15) is 0 Å². The van der Waals surface area contributed by atoms with E-state index in [0.29, 0.717) is 25.7 Å². The van der Waals surface area contributed by atoms with Crippen LogP contribution in [-0.2, 0) is 4.79 Å². The quantitative estimate of drug-likeness (QED) is 0.639. The van der Waals surface area contributed by atoms with E-state index in [-0.39, 0.29) is 12.0 Å². The van der Waals surface area contributed by atoms with Gasteiger partial charge in [0.2, 0.25) is 5.91 Å². The summed E-state index contributed by atoms with van der Waals surface area (Å²) in [5.41, 5.74) is 0. The third-order valence-electron chi connectivity index (χ3n) is 3.16. The predicted octanol–water partition coefficient (Wildman–Crippen LogP) is -0.324. The molecule has 0 aromatic carbocycles. The second-order valence-electron chi connectivity index (χ2n) is 5.02. The molecule has 1 amide bonds. The average molecular weight is 255 g/mol. The first kappa shape index (κ1) is 15.1. The first-order chi connectivity index (χ1) is 8.52. The van der Waals surface area contributed by atoms with E-state index in [1.54, 1.807) is 6.08 Å². The third kappa shape index (κ3) is 5.16. The summed E-state index contributed by atoms with van der Waals surface area (Å²) in [6.45, 7) is 11.8. The minimum absolute atomic E-state index is 0.0473. The lowest BCUT2D eigenvalue weighted by Gasteiger charge is -2.40. The number of amides is 1. The summed E-state index contributed by atoms with van der Waals surface area (Å²) in [6, 6.07) is 0.376. The number of carbonyl (C=O) groups is 1. The summed E-state index contributed by atoms with van der Waals surface area (Å²) in [5.74, 6) is 0.0473. The number of aliphatic hydroxyl groups is 1. The van der Waals surface area contributed by atoms with Crippen molar-refractivity contribution in [2.24, 2.45) is 0 Å². The molecule has 0 bridgehead atoms. The van der Waals surface area contributed by atoms with Gasteiger partial charge in [-0.3, -0.25) is 14.6 Å². The molecular weight excluding hydrogens is 230 g/mol. The highest BCUT2D eigenvalue weighted by atomic mass is 16.3. The summed E-state index contributed by atoms with van der Waals surface area (Å²) in [7, 11) is 0. The number of piperazine rings is 1. The lowest BCUT2D eigenvalue weighted by Crippen LogP contribution is -2.55. The summed E-state index contributed by atoms with van der Waals surface area (Å²) in [4.78, 5) is 16.0. The van der Waals surface area contributed by atoms with Crippen LogP contribution < -0.4 is 5.32 Å². The third-order valence-corrected chi connectivity index (χ3v) is 3.16. The SMILES string of the molecule is C=CCNC(=O)CN1CCN(C[C@@H](C)O)[C@@H](C)C1. The normalized spacial score (nSPS) is 23.6. The fourth-order valence-electron chi connectivity index (χ4n) is 2.27. The highest BCUT2D eigenvalue weighted by Gasteiger charge is 2.25. The Morgan fingerprint density at radius 2 is 2.33 bits per heavy atom. The number of β-amino-alcohol motifs (C(OH)–C–C–N with tert-alkyl or cyclic N) is 1. The molecule has 18 heavy (non-hydrogen) atoms. The summed E-state index contributed by atoms with van der Waals surface area (Å²) >= 11 is 0.